The average molecular weight is 489 g/mol. The first-order valence-electron chi connectivity index (χ1n) is 10.4. The van der Waals surface area contributed by atoms with Gasteiger partial charge in [0.1, 0.15) is 13.0 Å². The van der Waals surface area contributed by atoms with Gasteiger partial charge in [-0.15, -0.1) is 0 Å². The summed E-state index contributed by atoms with van der Waals surface area (Å²) >= 11 is 0. The van der Waals surface area contributed by atoms with Crippen LogP contribution in [0.15, 0.2) is 46.5 Å². The molecule has 0 unspecified atom stereocenters. The Bertz CT molecular complexity index is 1560. The first kappa shape index (κ1) is 22.0. The number of halogens is 1. The summed E-state index contributed by atoms with van der Waals surface area (Å²) in [5.41, 5.74) is -1.19. The van der Waals surface area contributed by atoms with Crippen LogP contribution in [-0.4, -0.2) is 54.7 Å². The van der Waals surface area contributed by atoms with Crippen LogP contribution in [0.1, 0.15) is 24.2 Å². The summed E-state index contributed by atoms with van der Waals surface area (Å²) in [4.78, 5) is 30.9. The van der Waals surface area contributed by atoms with Gasteiger partial charge in [0, 0.05) is 18.8 Å². The molecule has 1 saturated carbocycles. The Kier molecular flexibility index (Phi) is 5.31. The van der Waals surface area contributed by atoms with Gasteiger partial charge in [-0.2, -0.15) is 10.2 Å². The second-order valence-electron chi connectivity index (χ2n) is 8.31. The third-order valence-corrected chi connectivity index (χ3v) is 6.99. The molecule has 1 N–H and O–H groups in total. The van der Waals surface area contributed by atoms with E-state index in [4.69, 9.17) is 0 Å². The number of thiol groups is 1. The normalized spacial score (nSPS) is 14.7. The lowest BCUT2D eigenvalue weighted by Gasteiger charge is -2.26. The number of hydrogen-bond donors (Lipinski definition) is 2. The van der Waals surface area contributed by atoms with Crippen molar-refractivity contribution in [2.45, 2.75) is 31.5 Å². The molecule has 3 aromatic heterocycles. The molecule has 4 aromatic rings. The number of alkyl halides is 1. The van der Waals surface area contributed by atoms with E-state index in [1.165, 1.54) is 29.1 Å². The van der Waals surface area contributed by atoms with Crippen LogP contribution >= 0.6 is 0 Å². The minimum atomic E-state index is -3.15. The van der Waals surface area contributed by atoms with Gasteiger partial charge in [0.05, 0.1) is 41.4 Å². The van der Waals surface area contributed by atoms with Crippen molar-refractivity contribution in [1.82, 2.24) is 34.1 Å². The van der Waals surface area contributed by atoms with Gasteiger partial charge in [-0.05, 0) is 31.0 Å². The minimum absolute atomic E-state index is 0.0144. The van der Waals surface area contributed by atoms with Gasteiger partial charge in [0.2, 0.25) is 10.9 Å². The fourth-order valence-corrected chi connectivity index (χ4v) is 5.03. The van der Waals surface area contributed by atoms with E-state index in [1.807, 2.05) is 0 Å². The molecule has 5 rings (SSSR count). The Labute approximate surface area is 193 Å². The Balaban J connectivity index is 1.72. The van der Waals surface area contributed by atoms with E-state index in [0.29, 0.717) is 24.2 Å². The molecule has 14 heteroatoms. The van der Waals surface area contributed by atoms with Crippen LogP contribution in [0.4, 0.5) is 10.1 Å². The van der Waals surface area contributed by atoms with Crippen LogP contribution in [0, 0.1) is 0 Å². The molecule has 12 nitrogen and oxygen atoms in total. The molecular formula is C20H21FN8O4S. The number of rotatable bonds is 8. The molecular weight excluding hydrogens is 467 g/mol. The van der Waals surface area contributed by atoms with Gasteiger partial charge in [-0.25, -0.2) is 22.6 Å². The molecule has 178 valence electrons. The van der Waals surface area contributed by atoms with Crippen molar-refractivity contribution < 1.29 is 12.8 Å². The maximum Gasteiger partial charge on any atom is 0.332 e. The lowest BCUT2D eigenvalue weighted by molar-refractivity contribution is 0.417. The van der Waals surface area contributed by atoms with Crippen LogP contribution < -0.4 is 15.6 Å². The number of aromatic amines is 1. The summed E-state index contributed by atoms with van der Waals surface area (Å²) in [5, 5.41) is 10.8. The number of nitrogens with one attached hydrogen (secondary N) is 1. The summed E-state index contributed by atoms with van der Waals surface area (Å²) in [6.07, 6.45) is 5.39. The van der Waals surface area contributed by atoms with Gasteiger partial charge in [-0.3, -0.25) is 28.0 Å². The Morgan fingerprint density at radius 2 is 2.00 bits per heavy atom. The number of anilines is 1. The van der Waals surface area contributed by atoms with Gasteiger partial charge >= 0.3 is 5.69 Å². The number of H-pyrrole nitrogens is 1. The summed E-state index contributed by atoms with van der Waals surface area (Å²) in [6.45, 7) is -0.878. The second kappa shape index (κ2) is 8.20. The zero-order valence-corrected chi connectivity index (χ0v) is 19.0. The van der Waals surface area contributed by atoms with E-state index in [0.717, 1.165) is 8.87 Å². The topological polar surface area (TPSA) is 141 Å². The monoisotopic (exact) mass is 488 g/mol. The molecule has 1 aliphatic rings. The van der Waals surface area contributed by atoms with E-state index >= 15 is 0 Å². The Morgan fingerprint density at radius 1 is 1.21 bits per heavy atom. The van der Waals surface area contributed by atoms with Crippen LogP contribution in [-0.2, 0) is 31.0 Å². The predicted molar refractivity (Wildman–Crippen MR) is 121 cm³/mol. The fourth-order valence-electron chi connectivity index (χ4n) is 4.11. The highest BCUT2D eigenvalue weighted by Crippen LogP contribution is 2.45. The molecule has 0 spiro atoms. The smallest absolute Gasteiger partial charge is 0.285 e. The van der Waals surface area contributed by atoms with Gasteiger partial charge in [0.25, 0.3) is 5.56 Å². The van der Waals surface area contributed by atoms with Crippen molar-refractivity contribution in [3.63, 3.8) is 0 Å². The summed E-state index contributed by atoms with van der Waals surface area (Å²) in [7, 11) is -1.43. The lowest BCUT2D eigenvalue weighted by Crippen LogP contribution is -2.41. The van der Waals surface area contributed by atoms with Gasteiger partial charge in [-0.1, -0.05) is 0 Å². The molecule has 1 aromatic carbocycles. The largest absolute Gasteiger partial charge is 0.332 e. The standard InChI is InChI=1S/C20H21FN8O4S/c1-26-8-13(7-24-26)9-28-18(30)15-6-14(29(34(32)33)20(11-21)4-5-20)2-3-16(15)27(19(28)31)10-17-22-12-23-25-17/h2-3,6-8,12,34H,4-5,9-11H2,1H3,(H,22,23,25). The lowest BCUT2D eigenvalue weighted by atomic mass is 10.2. The van der Waals surface area contributed by atoms with Crippen molar-refractivity contribution in [3.8, 4) is 0 Å². The molecule has 34 heavy (non-hydrogen) atoms. The maximum atomic E-state index is 13.7. The number of fused-ring (bicyclic) bond motifs is 1. The van der Waals surface area contributed by atoms with Crippen LogP contribution in [0.3, 0.4) is 0 Å². The zero-order chi connectivity index (χ0) is 24.0. The van der Waals surface area contributed by atoms with Crippen molar-refractivity contribution in [2.24, 2.45) is 7.05 Å². The second-order valence-corrected chi connectivity index (χ2v) is 9.18. The predicted octanol–water partition coefficient (Wildman–Crippen LogP) is -0.0537. The average Bonchev–Trinajstić information content (AvgIpc) is 3.20. The van der Waals surface area contributed by atoms with Crippen molar-refractivity contribution in [2.75, 3.05) is 11.0 Å². The number of hydrogen-bond acceptors (Lipinski definition) is 7. The van der Waals surface area contributed by atoms with Crippen molar-refractivity contribution in [3.05, 3.63) is 69.1 Å². The molecule has 0 atom stereocenters. The number of nitrogens with zero attached hydrogens (tertiary/aromatic N) is 7. The molecule has 1 aliphatic carbocycles. The van der Waals surface area contributed by atoms with Crippen molar-refractivity contribution in [1.29, 1.82) is 0 Å². The van der Waals surface area contributed by atoms with Crippen LogP contribution in [0.2, 0.25) is 0 Å². The summed E-state index contributed by atoms with van der Waals surface area (Å²) in [6, 6.07) is 4.36. The molecule has 0 saturated heterocycles. The van der Waals surface area contributed by atoms with E-state index in [2.05, 4.69) is 20.3 Å². The minimum Gasteiger partial charge on any atom is -0.285 e. The van der Waals surface area contributed by atoms with E-state index in [-0.39, 0.29) is 29.7 Å². The van der Waals surface area contributed by atoms with Gasteiger partial charge in [0.15, 0.2) is 5.82 Å². The van der Waals surface area contributed by atoms with Crippen LogP contribution in [0.25, 0.3) is 10.9 Å². The first-order valence-corrected chi connectivity index (χ1v) is 11.6. The highest BCUT2D eigenvalue weighted by atomic mass is 32.2. The molecule has 3 heterocycles. The van der Waals surface area contributed by atoms with Crippen LogP contribution in [0.5, 0.6) is 0 Å². The summed E-state index contributed by atoms with van der Waals surface area (Å²) in [5.74, 6) is 0.331. The van der Waals surface area contributed by atoms with Crippen molar-refractivity contribution >= 4 is 27.5 Å². The van der Waals surface area contributed by atoms with E-state index < -0.39 is 34.4 Å². The molecule has 0 amide bonds. The van der Waals surface area contributed by atoms with E-state index in [1.54, 1.807) is 24.1 Å². The first-order chi connectivity index (χ1) is 16.3. The third kappa shape index (κ3) is 3.69. The highest BCUT2D eigenvalue weighted by Gasteiger charge is 2.50. The number of aromatic nitrogens is 7. The molecule has 0 aliphatic heterocycles. The molecule has 0 radical (unpaired) electrons. The van der Waals surface area contributed by atoms with E-state index in [9.17, 15) is 22.4 Å². The van der Waals surface area contributed by atoms with Gasteiger partial charge < -0.3 is 0 Å². The zero-order valence-electron chi connectivity index (χ0n) is 18.1. The summed E-state index contributed by atoms with van der Waals surface area (Å²) < 4.78 is 42.8. The quantitative estimate of drug-likeness (QED) is 0.331. The number of aryl methyl sites for hydroxylation is 1. The molecule has 1 fully saturated rings. The number of benzene rings is 1. The Morgan fingerprint density at radius 3 is 2.59 bits per heavy atom. The highest BCUT2D eigenvalue weighted by molar-refractivity contribution is 7.74. The fraction of sp³-hybridized carbons (Fsp3) is 0.350. The Hall–Kier alpha value is -3.81. The maximum absolute atomic E-state index is 13.7. The SMILES string of the molecule is Cn1cc(Cn2c(=O)c3cc(N([SH](=O)=O)C4(CF)CC4)ccc3n(Cc3nc[nH]n3)c2=O)cn1. The third-order valence-electron chi connectivity index (χ3n) is 6.00. The molecule has 0 bridgehead atoms.